The summed E-state index contributed by atoms with van der Waals surface area (Å²) in [5.74, 6) is -0.125. The standard InChI is InChI=1S/C20H16N4OS/c25-20(15-5-1-7-17(13-15)24-11-4-10-23-24)22-14-16-6-2-9-21-19(16)18-8-3-12-26-18/h1-13H,14H2,(H,22,25). The fourth-order valence-electron chi connectivity index (χ4n) is 2.71. The Labute approximate surface area is 155 Å². The van der Waals surface area contributed by atoms with Gasteiger partial charge in [-0.15, -0.1) is 11.3 Å². The molecule has 26 heavy (non-hydrogen) atoms. The maximum absolute atomic E-state index is 12.6. The summed E-state index contributed by atoms with van der Waals surface area (Å²) in [7, 11) is 0. The highest BCUT2D eigenvalue weighted by molar-refractivity contribution is 7.13. The maximum Gasteiger partial charge on any atom is 0.251 e. The molecule has 0 saturated heterocycles. The van der Waals surface area contributed by atoms with Gasteiger partial charge in [0.15, 0.2) is 0 Å². The molecule has 6 heteroatoms. The first-order chi connectivity index (χ1) is 12.8. The Morgan fingerprint density at radius 1 is 1.08 bits per heavy atom. The largest absolute Gasteiger partial charge is 0.348 e. The molecule has 0 spiro atoms. The average molecular weight is 360 g/mol. The van der Waals surface area contributed by atoms with Crippen molar-refractivity contribution in [2.45, 2.75) is 6.54 Å². The van der Waals surface area contributed by atoms with Crippen LogP contribution in [-0.2, 0) is 6.54 Å². The number of pyridine rings is 1. The molecule has 1 N–H and O–H groups in total. The van der Waals surface area contributed by atoms with Gasteiger partial charge in [0.1, 0.15) is 0 Å². The number of nitrogens with zero attached hydrogens (tertiary/aromatic N) is 3. The number of carbonyl (C=O) groups excluding carboxylic acids is 1. The molecule has 3 aromatic heterocycles. The third-order valence-electron chi connectivity index (χ3n) is 3.96. The van der Waals surface area contributed by atoms with Gasteiger partial charge in [0.2, 0.25) is 0 Å². The summed E-state index contributed by atoms with van der Waals surface area (Å²) in [4.78, 5) is 18.1. The van der Waals surface area contributed by atoms with E-state index in [1.807, 2.05) is 60.1 Å². The normalized spacial score (nSPS) is 10.6. The molecule has 0 aliphatic rings. The van der Waals surface area contributed by atoms with Gasteiger partial charge in [-0.05, 0) is 47.3 Å². The topological polar surface area (TPSA) is 59.8 Å². The number of aromatic nitrogens is 3. The first-order valence-corrected chi connectivity index (χ1v) is 9.05. The zero-order valence-corrected chi connectivity index (χ0v) is 14.7. The van der Waals surface area contributed by atoms with Crippen LogP contribution in [0.3, 0.4) is 0 Å². The molecule has 0 aliphatic heterocycles. The van der Waals surface area contributed by atoms with Gasteiger partial charge in [0.05, 0.1) is 16.3 Å². The van der Waals surface area contributed by atoms with Crippen LogP contribution < -0.4 is 5.32 Å². The molecular formula is C20H16N4OS. The Bertz CT molecular complexity index is 1010. The van der Waals surface area contributed by atoms with E-state index in [2.05, 4.69) is 15.4 Å². The molecule has 0 unspecified atom stereocenters. The quantitative estimate of drug-likeness (QED) is 0.587. The van der Waals surface area contributed by atoms with Crippen LogP contribution in [0.5, 0.6) is 0 Å². The second kappa shape index (κ2) is 7.33. The number of nitrogens with one attached hydrogen (secondary N) is 1. The van der Waals surface area contributed by atoms with Crippen LogP contribution >= 0.6 is 11.3 Å². The molecular weight excluding hydrogens is 344 g/mol. The zero-order valence-electron chi connectivity index (χ0n) is 13.9. The molecule has 4 rings (SSSR count). The average Bonchev–Trinajstić information content (AvgIpc) is 3.40. The van der Waals surface area contributed by atoms with Crippen LogP contribution in [0.25, 0.3) is 16.3 Å². The number of hydrogen-bond acceptors (Lipinski definition) is 4. The SMILES string of the molecule is O=C(NCc1cccnc1-c1cccs1)c1cccc(-n2cccn2)c1. The molecule has 0 radical (unpaired) electrons. The molecule has 5 nitrogen and oxygen atoms in total. The van der Waals surface area contributed by atoms with Crippen LogP contribution in [0.1, 0.15) is 15.9 Å². The second-order valence-corrected chi connectivity index (χ2v) is 6.62. The Morgan fingerprint density at radius 2 is 2.04 bits per heavy atom. The van der Waals surface area contributed by atoms with Crippen molar-refractivity contribution >= 4 is 17.2 Å². The molecule has 1 amide bonds. The summed E-state index contributed by atoms with van der Waals surface area (Å²) in [5.41, 5.74) is 3.35. The first kappa shape index (κ1) is 16.2. The van der Waals surface area contributed by atoms with Gasteiger partial charge < -0.3 is 5.32 Å². The van der Waals surface area contributed by atoms with E-state index in [0.29, 0.717) is 12.1 Å². The second-order valence-electron chi connectivity index (χ2n) is 5.67. The molecule has 3 heterocycles. The molecule has 1 aromatic carbocycles. The van der Waals surface area contributed by atoms with Gasteiger partial charge >= 0.3 is 0 Å². The zero-order chi connectivity index (χ0) is 17.8. The van der Waals surface area contributed by atoms with Crippen LogP contribution in [0.4, 0.5) is 0 Å². The monoisotopic (exact) mass is 360 g/mol. The smallest absolute Gasteiger partial charge is 0.251 e. The maximum atomic E-state index is 12.6. The predicted molar refractivity (Wildman–Crippen MR) is 102 cm³/mol. The highest BCUT2D eigenvalue weighted by atomic mass is 32.1. The number of carbonyl (C=O) groups is 1. The van der Waals surface area contributed by atoms with Crippen LogP contribution in [0.15, 0.2) is 78.6 Å². The molecule has 4 aromatic rings. The number of hydrogen-bond donors (Lipinski definition) is 1. The van der Waals surface area contributed by atoms with Crippen molar-refractivity contribution in [2.75, 3.05) is 0 Å². The van der Waals surface area contributed by atoms with E-state index >= 15 is 0 Å². The summed E-state index contributed by atoms with van der Waals surface area (Å²) in [6, 6.07) is 17.1. The number of amides is 1. The first-order valence-electron chi connectivity index (χ1n) is 8.17. The van der Waals surface area contributed by atoms with E-state index in [-0.39, 0.29) is 5.91 Å². The molecule has 0 saturated carbocycles. The van der Waals surface area contributed by atoms with Crippen molar-refractivity contribution in [2.24, 2.45) is 0 Å². The number of benzene rings is 1. The highest BCUT2D eigenvalue weighted by Gasteiger charge is 2.11. The summed E-state index contributed by atoms with van der Waals surface area (Å²) in [5, 5.41) is 9.21. The minimum atomic E-state index is -0.125. The lowest BCUT2D eigenvalue weighted by molar-refractivity contribution is 0.0951. The van der Waals surface area contributed by atoms with Crippen molar-refractivity contribution in [1.82, 2.24) is 20.1 Å². The minimum absolute atomic E-state index is 0.125. The van der Waals surface area contributed by atoms with E-state index < -0.39 is 0 Å². The van der Waals surface area contributed by atoms with Gasteiger partial charge in [-0.25, -0.2) is 4.68 Å². The number of thiophene rings is 1. The van der Waals surface area contributed by atoms with Crippen LogP contribution in [0.2, 0.25) is 0 Å². The van der Waals surface area contributed by atoms with E-state index in [1.165, 1.54) is 0 Å². The van der Waals surface area contributed by atoms with E-state index in [0.717, 1.165) is 21.8 Å². The Hall–Kier alpha value is -3.25. The molecule has 128 valence electrons. The number of rotatable bonds is 5. The van der Waals surface area contributed by atoms with E-state index in [1.54, 1.807) is 34.5 Å². The molecule has 0 aliphatic carbocycles. The van der Waals surface area contributed by atoms with Crippen molar-refractivity contribution < 1.29 is 4.79 Å². The lowest BCUT2D eigenvalue weighted by Crippen LogP contribution is -2.23. The van der Waals surface area contributed by atoms with E-state index in [9.17, 15) is 4.79 Å². The molecule has 0 fully saturated rings. The Morgan fingerprint density at radius 3 is 2.85 bits per heavy atom. The third-order valence-corrected chi connectivity index (χ3v) is 4.84. The third kappa shape index (κ3) is 3.41. The van der Waals surface area contributed by atoms with Crippen LogP contribution in [0, 0.1) is 0 Å². The fourth-order valence-corrected chi connectivity index (χ4v) is 3.46. The van der Waals surface area contributed by atoms with Crippen molar-refractivity contribution in [3.8, 4) is 16.3 Å². The van der Waals surface area contributed by atoms with Crippen LogP contribution in [-0.4, -0.2) is 20.7 Å². The lowest BCUT2D eigenvalue weighted by atomic mass is 10.1. The van der Waals surface area contributed by atoms with Gasteiger partial charge in [-0.2, -0.15) is 5.10 Å². The fraction of sp³-hybridized carbons (Fsp3) is 0.0500. The molecule has 0 bridgehead atoms. The van der Waals surface area contributed by atoms with Gasteiger partial charge in [0, 0.05) is 30.7 Å². The molecule has 0 atom stereocenters. The highest BCUT2D eigenvalue weighted by Crippen LogP contribution is 2.25. The van der Waals surface area contributed by atoms with Gasteiger partial charge in [-0.1, -0.05) is 18.2 Å². The van der Waals surface area contributed by atoms with Crippen molar-refractivity contribution in [3.05, 3.63) is 89.7 Å². The minimum Gasteiger partial charge on any atom is -0.348 e. The van der Waals surface area contributed by atoms with Gasteiger partial charge in [0.25, 0.3) is 5.91 Å². The Balaban J connectivity index is 1.51. The van der Waals surface area contributed by atoms with Crippen molar-refractivity contribution in [3.63, 3.8) is 0 Å². The summed E-state index contributed by atoms with van der Waals surface area (Å²) in [6.07, 6.45) is 5.33. The van der Waals surface area contributed by atoms with Crippen molar-refractivity contribution in [1.29, 1.82) is 0 Å². The lowest BCUT2D eigenvalue weighted by Gasteiger charge is -2.10. The summed E-state index contributed by atoms with van der Waals surface area (Å²) < 4.78 is 1.73. The summed E-state index contributed by atoms with van der Waals surface area (Å²) >= 11 is 1.64. The Kier molecular flexibility index (Phi) is 4.57. The summed E-state index contributed by atoms with van der Waals surface area (Å²) in [6.45, 7) is 0.423. The van der Waals surface area contributed by atoms with E-state index in [4.69, 9.17) is 0 Å². The van der Waals surface area contributed by atoms with Gasteiger partial charge in [-0.3, -0.25) is 9.78 Å². The predicted octanol–water partition coefficient (Wildman–Crippen LogP) is 3.93.